The van der Waals surface area contributed by atoms with E-state index in [1.807, 2.05) is 31.2 Å². The molecule has 0 atom stereocenters. The number of fused-ring (bicyclic) bond motifs is 1. The number of aromatic nitrogens is 1. The summed E-state index contributed by atoms with van der Waals surface area (Å²) in [5, 5.41) is 0.560. The molecule has 0 aliphatic rings. The molecule has 180 valence electrons. The van der Waals surface area contributed by atoms with Gasteiger partial charge in [0.05, 0.1) is 37.3 Å². The Hall–Kier alpha value is -3.91. The SMILES string of the molecule is CCOC(=O)c1c(C)nc2sc(C(=O)c3ccc(OC)cc3)c(N)c2c1-c1ccc(OCC)cc1. The summed E-state index contributed by atoms with van der Waals surface area (Å²) < 4.78 is 16.1. The average Bonchev–Trinajstić information content (AvgIpc) is 3.19. The number of carbonyl (C=O) groups is 2. The van der Waals surface area contributed by atoms with Crippen molar-refractivity contribution in [2.45, 2.75) is 20.8 Å². The monoisotopic (exact) mass is 490 g/mol. The predicted molar refractivity (Wildman–Crippen MR) is 138 cm³/mol. The molecule has 4 rings (SSSR count). The van der Waals surface area contributed by atoms with Crippen molar-refractivity contribution < 1.29 is 23.8 Å². The number of hydrogen-bond acceptors (Lipinski definition) is 8. The molecular weight excluding hydrogens is 464 g/mol. The fourth-order valence-corrected chi connectivity index (χ4v) is 5.05. The lowest BCUT2D eigenvalue weighted by Gasteiger charge is -2.14. The summed E-state index contributed by atoms with van der Waals surface area (Å²) in [6.45, 7) is 6.18. The first-order valence-corrected chi connectivity index (χ1v) is 12.0. The molecule has 2 heterocycles. The van der Waals surface area contributed by atoms with Crippen molar-refractivity contribution >= 4 is 39.0 Å². The zero-order valence-corrected chi connectivity index (χ0v) is 20.8. The topological polar surface area (TPSA) is 101 Å². The van der Waals surface area contributed by atoms with Gasteiger partial charge < -0.3 is 19.9 Å². The number of rotatable bonds is 8. The van der Waals surface area contributed by atoms with E-state index in [0.717, 1.165) is 5.56 Å². The van der Waals surface area contributed by atoms with Crippen LogP contribution in [-0.4, -0.2) is 37.1 Å². The first-order valence-electron chi connectivity index (χ1n) is 11.2. The summed E-state index contributed by atoms with van der Waals surface area (Å²) in [4.78, 5) is 31.9. The van der Waals surface area contributed by atoms with E-state index in [4.69, 9.17) is 19.9 Å². The number of esters is 1. The lowest BCUT2D eigenvalue weighted by atomic mass is 9.94. The van der Waals surface area contributed by atoms with Gasteiger partial charge in [0, 0.05) is 16.5 Å². The molecule has 0 unspecified atom stereocenters. The third-order valence-electron chi connectivity index (χ3n) is 5.55. The van der Waals surface area contributed by atoms with Crippen LogP contribution in [0, 0.1) is 6.92 Å². The van der Waals surface area contributed by atoms with Crippen molar-refractivity contribution in [3.05, 3.63) is 70.2 Å². The van der Waals surface area contributed by atoms with Gasteiger partial charge in [-0.2, -0.15) is 0 Å². The lowest BCUT2D eigenvalue weighted by Crippen LogP contribution is -2.10. The van der Waals surface area contributed by atoms with E-state index < -0.39 is 5.97 Å². The van der Waals surface area contributed by atoms with E-state index in [-0.39, 0.29) is 18.1 Å². The molecule has 0 saturated carbocycles. The number of aryl methyl sites for hydroxylation is 1. The molecule has 7 nitrogen and oxygen atoms in total. The molecule has 4 aromatic rings. The highest BCUT2D eigenvalue weighted by Crippen LogP contribution is 2.43. The minimum absolute atomic E-state index is 0.221. The molecule has 0 aliphatic heterocycles. The van der Waals surface area contributed by atoms with Crippen LogP contribution in [-0.2, 0) is 4.74 Å². The number of carbonyl (C=O) groups excluding carboxylic acids is 2. The number of anilines is 1. The Balaban J connectivity index is 1.94. The number of thiophene rings is 1. The van der Waals surface area contributed by atoms with Gasteiger partial charge >= 0.3 is 5.97 Å². The van der Waals surface area contributed by atoms with Crippen molar-refractivity contribution in [2.24, 2.45) is 0 Å². The van der Waals surface area contributed by atoms with Gasteiger partial charge in [0.25, 0.3) is 0 Å². The van der Waals surface area contributed by atoms with Crippen LogP contribution >= 0.6 is 11.3 Å². The fraction of sp³-hybridized carbons (Fsp3) is 0.222. The molecule has 2 N–H and O–H groups in total. The van der Waals surface area contributed by atoms with Crippen LogP contribution in [0.5, 0.6) is 11.5 Å². The maximum atomic E-state index is 13.4. The van der Waals surface area contributed by atoms with Gasteiger partial charge in [0.15, 0.2) is 0 Å². The van der Waals surface area contributed by atoms with Crippen LogP contribution in [0.4, 0.5) is 5.69 Å². The number of methoxy groups -OCH3 is 1. The predicted octanol–water partition coefficient (Wildman–Crippen LogP) is 5.67. The highest BCUT2D eigenvalue weighted by Gasteiger charge is 2.27. The second kappa shape index (κ2) is 10.1. The molecule has 0 bridgehead atoms. The van der Waals surface area contributed by atoms with Crippen molar-refractivity contribution in [3.63, 3.8) is 0 Å². The van der Waals surface area contributed by atoms with Crippen LogP contribution in [0.2, 0.25) is 0 Å². The number of nitrogens with two attached hydrogens (primary N) is 1. The molecule has 0 amide bonds. The number of ketones is 1. The molecule has 8 heteroatoms. The van der Waals surface area contributed by atoms with E-state index >= 15 is 0 Å². The molecule has 0 radical (unpaired) electrons. The van der Waals surface area contributed by atoms with E-state index in [1.165, 1.54) is 11.3 Å². The Kier molecular flexibility index (Phi) is 7.02. The van der Waals surface area contributed by atoms with E-state index in [0.29, 0.717) is 55.6 Å². The Morgan fingerprint density at radius 3 is 2.23 bits per heavy atom. The maximum Gasteiger partial charge on any atom is 0.340 e. The van der Waals surface area contributed by atoms with Crippen LogP contribution in [0.25, 0.3) is 21.3 Å². The zero-order chi connectivity index (χ0) is 25.1. The minimum Gasteiger partial charge on any atom is -0.497 e. The minimum atomic E-state index is -0.489. The molecule has 0 spiro atoms. The highest BCUT2D eigenvalue weighted by molar-refractivity contribution is 7.21. The number of benzene rings is 2. The van der Waals surface area contributed by atoms with Crippen LogP contribution in [0.1, 0.15) is 45.1 Å². The van der Waals surface area contributed by atoms with Crippen molar-refractivity contribution in [1.82, 2.24) is 4.98 Å². The largest absolute Gasteiger partial charge is 0.497 e. The van der Waals surface area contributed by atoms with Gasteiger partial charge in [-0.3, -0.25) is 4.79 Å². The maximum absolute atomic E-state index is 13.4. The smallest absolute Gasteiger partial charge is 0.340 e. The quantitative estimate of drug-likeness (QED) is 0.251. The molecule has 2 aromatic heterocycles. The number of pyridine rings is 1. The van der Waals surface area contributed by atoms with Crippen molar-refractivity contribution in [1.29, 1.82) is 0 Å². The van der Waals surface area contributed by atoms with Crippen molar-refractivity contribution in [2.75, 3.05) is 26.1 Å². The van der Waals surface area contributed by atoms with E-state index in [9.17, 15) is 9.59 Å². The molecule has 0 aliphatic carbocycles. The molecule has 2 aromatic carbocycles. The normalized spacial score (nSPS) is 10.9. The number of ether oxygens (including phenoxy) is 3. The van der Waals surface area contributed by atoms with Gasteiger partial charge in [-0.1, -0.05) is 12.1 Å². The second-order valence-electron chi connectivity index (χ2n) is 7.71. The zero-order valence-electron chi connectivity index (χ0n) is 20.0. The lowest BCUT2D eigenvalue weighted by molar-refractivity contribution is 0.0526. The van der Waals surface area contributed by atoms with Gasteiger partial charge in [0.1, 0.15) is 21.2 Å². The number of nitrogen functional groups attached to an aromatic ring is 1. The Morgan fingerprint density at radius 2 is 1.63 bits per heavy atom. The fourth-order valence-electron chi connectivity index (χ4n) is 3.93. The summed E-state index contributed by atoms with van der Waals surface area (Å²) in [5.74, 6) is 0.655. The standard InChI is InChI=1S/C27H26N2O5S/c1-5-33-19-13-7-16(8-14-19)21-20(27(31)34-6-2)15(3)29-26-22(21)23(28)25(35-26)24(30)17-9-11-18(32-4)12-10-17/h7-14H,5-6,28H2,1-4H3. The van der Waals surface area contributed by atoms with Gasteiger partial charge in [-0.05, 0) is 62.7 Å². The summed E-state index contributed by atoms with van der Waals surface area (Å²) in [5.41, 5.74) is 9.53. The van der Waals surface area contributed by atoms with Crippen LogP contribution in [0.15, 0.2) is 48.5 Å². The third kappa shape index (κ3) is 4.57. The Bertz CT molecular complexity index is 1390. The summed E-state index contributed by atoms with van der Waals surface area (Å²) >= 11 is 1.21. The average molecular weight is 491 g/mol. The van der Waals surface area contributed by atoms with Gasteiger partial charge in [-0.25, -0.2) is 9.78 Å². The highest BCUT2D eigenvalue weighted by atomic mass is 32.1. The Labute approximate surface area is 207 Å². The van der Waals surface area contributed by atoms with E-state index in [1.54, 1.807) is 45.2 Å². The first kappa shape index (κ1) is 24.2. The molecular formula is C27H26N2O5S. The third-order valence-corrected chi connectivity index (χ3v) is 6.65. The van der Waals surface area contributed by atoms with Crippen LogP contribution < -0.4 is 15.2 Å². The van der Waals surface area contributed by atoms with Gasteiger partial charge in [-0.15, -0.1) is 11.3 Å². The van der Waals surface area contributed by atoms with Gasteiger partial charge in [0.2, 0.25) is 5.78 Å². The molecule has 0 fully saturated rings. The number of hydrogen-bond donors (Lipinski definition) is 1. The molecule has 35 heavy (non-hydrogen) atoms. The van der Waals surface area contributed by atoms with Crippen molar-refractivity contribution in [3.8, 4) is 22.6 Å². The Morgan fingerprint density at radius 1 is 0.971 bits per heavy atom. The summed E-state index contributed by atoms with van der Waals surface area (Å²) in [6.07, 6.45) is 0. The molecule has 0 saturated heterocycles. The van der Waals surface area contributed by atoms with E-state index in [2.05, 4.69) is 4.98 Å². The second-order valence-corrected chi connectivity index (χ2v) is 8.71. The number of nitrogens with zero attached hydrogens (tertiary/aromatic N) is 1. The first-order chi connectivity index (χ1) is 16.9. The van der Waals surface area contributed by atoms with Crippen LogP contribution in [0.3, 0.4) is 0 Å². The summed E-state index contributed by atoms with van der Waals surface area (Å²) in [6, 6.07) is 14.2. The summed E-state index contributed by atoms with van der Waals surface area (Å²) in [7, 11) is 1.57.